The predicted octanol–water partition coefficient (Wildman–Crippen LogP) is 2.09. The van der Waals surface area contributed by atoms with Gasteiger partial charge in [0.2, 0.25) is 5.91 Å². The van der Waals surface area contributed by atoms with Gasteiger partial charge in [0.25, 0.3) is 0 Å². The molecule has 2 aromatic rings. The molecule has 2 saturated heterocycles. The summed E-state index contributed by atoms with van der Waals surface area (Å²) in [5.41, 5.74) is 1.34. The van der Waals surface area contributed by atoms with Gasteiger partial charge >= 0.3 is 0 Å². The second-order valence-electron chi connectivity index (χ2n) is 8.65. The minimum Gasteiger partial charge on any atom is -0.497 e. The zero-order chi connectivity index (χ0) is 23.2. The van der Waals surface area contributed by atoms with E-state index in [2.05, 4.69) is 21.2 Å². The fourth-order valence-corrected chi connectivity index (χ4v) is 4.70. The number of benzene rings is 2. The molecule has 174 valence electrons. The van der Waals surface area contributed by atoms with Gasteiger partial charge in [-0.1, -0.05) is 0 Å². The molecular weight excluding hydrogens is 420 g/mol. The summed E-state index contributed by atoms with van der Waals surface area (Å²) in [6.07, 6.45) is 1.54. The lowest BCUT2D eigenvalue weighted by Crippen LogP contribution is -2.56. The average Bonchev–Trinajstić information content (AvgIpc) is 3.05. The molecule has 2 bridgehead atoms. The largest absolute Gasteiger partial charge is 0.497 e. The van der Waals surface area contributed by atoms with Crippen LogP contribution in [-0.4, -0.2) is 78.9 Å². The Bertz CT molecular complexity index is 959. The number of piperazine rings is 1. The lowest BCUT2D eigenvalue weighted by molar-refractivity contribution is -0.118. The zero-order valence-corrected chi connectivity index (χ0v) is 18.8. The molecule has 8 nitrogen and oxygen atoms in total. The molecule has 0 radical (unpaired) electrons. The molecule has 8 heteroatoms. The van der Waals surface area contributed by atoms with Crippen molar-refractivity contribution in [3.8, 4) is 17.6 Å². The van der Waals surface area contributed by atoms with Crippen LogP contribution in [0, 0.1) is 11.3 Å². The molecule has 3 unspecified atom stereocenters. The summed E-state index contributed by atoms with van der Waals surface area (Å²) in [6, 6.07) is 16.9. The summed E-state index contributed by atoms with van der Waals surface area (Å²) in [4.78, 5) is 17.1. The van der Waals surface area contributed by atoms with E-state index in [9.17, 15) is 9.90 Å². The Morgan fingerprint density at radius 1 is 1.12 bits per heavy atom. The summed E-state index contributed by atoms with van der Waals surface area (Å²) in [6.45, 7) is 2.75. The maximum atomic E-state index is 12.5. The topological polar surface area (TPSA) is 98.1 Å². The number of ether oxygens (including phenoxy) is 2. The molecule has 1 amide bonds. The molecule has 0 spiro atoms. The van der Waals surface area contributed by atoms with Gasteiger partial charge in [-0.2, -0.15) is 5.26 Å². The van der Waals surface area contributed by atoms with E-state index in [0.717, 1.165) is 37.4 Å². The quantitative estimate of drug-likeness (QED) is 0.604. The van der Waals surface area contributed by atoms with Crippen LogP contribution < -0.4 is 14.8 Å². The normalized spacial score (nSPS) is 21.2. The first-order chi connectivity index (χ1) is 16.0. The highest BCUT2D eigenvalue weighted by Crippen LogP contribution is 2.30. The highest BCUT2D eigenvalue weighted by molar-refractivity contribution is 5.92. The third-order valence-electron chi connectivity index (χ3n) is 6.30. The number of amides is 1. The smallest absolute Gasteiger partial charge is 0.238 e. The molecule has 4 rings (SSSR count). The second-order valence-corrected chi connectivity index (χ2v) is 8.65. The van der Waals surface area contributed by atoms with Crippen molar-refractivity contribution in [2.75, 3.05) is 45.2 Å². The molecule has 2 N–H and O–H groups in total. The number of nitrogens with zero attached hydrogens (tertiary/aromatic N) is 3. The number of nitriles is 1. The lowest BCUT2D eigenvalue weighted by atomic mass is 10.1. The second kappa shape index (κ2) is 10.7. The van der Waals surface area contributed by atoms with E-state index in [-0.39, 0.29) is 12.5 Å². The van der Waals surface area contributed by atoms with Crippen molar-refractivity contribution in [1.82, 2.24) is 9.80 Å². The minimum absolute atomic E-state index is 0.0242. The van der Waals surface area contributed by atoms with E-state index < -0.39 is 6.10 Å². The third kappa shape index (κ3) is 6.02. The van der Waals surface area contributed by atoms with Gasteiger partial charge in [0.15, 0.2) is 0 Å². The van der Waals surface area contributed by atoms with Crippen LogP contribution in [0.1, 0.15) is 18.4 Å². The Morgan fingerprint density at radius 3 is 2.36 bits per heavy atom. The molecule has 2 aromatic carbocycles. The zero-order valence-electron chi connectivity index (χ0n) is 18.8. The first-order valence-corrected chi connectivity index (χ1v) is 11.3. The molecule has 3 atom stereocenters. The average molecular weight is 451 g/mol. The number of rotatable bonds is 9. The SMILES string of the molecule is COc1ccc(NC(=O)CN2CC3CCC(C2)N3CC(O)COc2ccc(C#N)cc2)cc1. The number of carbonyl (C=O) groups is 1. The summed E-state index contributed by atoms with van der Waals surface area (Å²) in [5, 5.41) is 22.4. The maximum Gasteiger partial charge on any atom is 0.238 e. The van der Waals surface area contributed by atoms with E-state index in [4.69, 9.17) is 14.7 Å². The van der Waals surface area contributed by atoms with Crippen molar-refractivity contribution in [2.45, 2.75) is 31.0 Å². The van der Waals surface area contributed by atoms with Crippen LogP contribution in [0.2, 0.25) is 0 Å². The van der Waals surface area contributed by atoms with Gasteiger partial charge in [0, 0.05) is 37.4 Å². The van der Waals surface area contributed by atoms with Gasteiger partial charge < -0.3 is 19.9 Å². The van der Waals surface area contributed by atoms with E-state index in [1.165, 1.54) is 0 Å². The number of aliphatic hydroxyl groups is 1. The molecule has 2 fully saturated rings. The van der Waals surface area contributed by atoms with E-state index in [1.54, 1.807) is 31.4 Å². The number of nitrogens with one attached hydrogen (secondary N) is 1. The third-order valence-corrected chi connectivity index (χ3v) is 6.30. The Hall–Kier alpha value is -3.12. The van der Waals surface area contributed by atoms with Crippen LogP contribution in [0.3, 0.4) is 0 Å². The number of hydrogen-bond donors (Lipinski definition) is 2. The van der Waals surface area contributed by atoms with Crippen molar-refractivity contribution >= 4 is 11.6 Å². The molecule has 2 aliphatic heterocycles. The number of hydrogen-bond acceptors (Lipinski definition) is 7. The van der Waals surface area contributed by atoms with Gasteiger partial charge in [0.1, 0.15) is 24.2 Å². The van der Waals surface area contributed by atoms with E-state index in [0.29, 0.717) is 36.5 Å². The van der Waals surface area contributed by atoms with Crippen molar-refractivity contribution < 1.29 is 19.4 Å². The van der Waals surface area contributed by atoms with Crippen molar-refractivity contribution in [3.05, 3.63) is 54.1 Å². The number of methoxy groups -OCH3 is 1. The van der Waals surface area contributed by atoms with Crippen LogP contribution in [0.15, 0.2) is 48.5 Å². The van der Waals surface area contributed by atoms with Gasteiger partial charge in [0.05, 0.1) is 25.3 Å². The fourth-order valence-electron chi connectivity index (χ4n) is 4.70. The number of fused-ring (bicyclic) bond motifs is 2. The van der Waals surface area contributed by atoms with Gasteiger partial charge in [-0.25, -0.2) is 0 Å². The monoisotopic (exact) mass is 450 g/mol. The predicted molar refractivity (Wildman–Crippen MR) is 124 cm³/mol. The first-order valence-electron chi connectivity index (χ1n) is 11.3. The summed E-state index contributed by atoms with van der Waals surface area (Å²) in [7, 11) is 1.61. The number of anilines is 1. The van der Waals surface area contributed by atoms with Gasteiger partial charge in [-0.3, -0.25) is 14.6 Å². The fraction of sp³-hybridized carbons (Fsp3) is 0.440. The summed E-state index contributed by atoms with van der Waals surface area (Å²) in [5.74, 6) is 1.37. The number of carbonyl (C=O) groups excluding carboxylic acids is 1. The summed E-state index contributed by atoms with van der Waals surface area (Å²) < 4.78 is 10.8. The van der Waals surface area contributed by atoms with Crippen LogP contribution >= 0.6 is 0 Å². The van der Waals surface area contributed by atoms with Crippen LogP contribution in [0.4, 0.5) is 5.69 Å². The lowest BCUT2D eigenvalue weighted by Gasteiger charge is -2.41. The Balaban J connectivity index is 1.22. The van der Waals surface area contributed by atoms with Crippen molar-refractivity contribution in [3.63, 3.8) is 0 Å². The maximum absolute atomic E-state index is 12.5. The molecule has 2 aliphatic rings. The van der Waals surface area contributed by atoms with Crippen molar-refractivity contribution in [2.24, 2.45) is 0 Å². The standard InChI is InChI=1S/C25H30N4O4/c1-32-23-10-4-19(5-11-23)27-25(31)16-28-13-20-6-7-21(14-28)29(20)15-22(30)17-33-24-8-2-18(12-26)3-9-24/h2-5,8-11,20-22,30H,6-7,13-17H2,1H3,(H,27,31). The Kier molecular flexibility index (Phi) is 7.45. The minimum atomic E-state index is -0.603. The number of likely N-dealkylation sites (tertiary alicyclic amines) is 1. The Morgan fingerprint density at radius 2 is 1.76 bits per heavy atom. The van der Waals surface area contributed by atoms with E-state index in [1.807, 2.05) is 24.3 Å². The molecule has 0 aliphatic carbocycles. The first kappa shape index (κ1) is 23.1. The Labute approximate surface area is 194 Å². The number of aliphatic hydroxyl groups excluding tert-OH is 1. The van der Waals surface area contributed by atoms with Gasteiger partial charge in [-0.05, 0) is 61.4 Å². The van der Waals surface area contributed by atoms with Crippen molar-refractivity contribution in [1.29, 1.82) is 5.26 Å². The highest BCUT2D eigenvalue weighted by Gasteiger charge is 2.40. The van der Waals surface area contributed by atoms with Crippen LogP contribution in [0.25, 0.3) is 0 Å². The molecule has 0 saturated carbocycles. The van der Waals surface area contributed by atoms with Crippen LogP contribution in [-0.2, 0) is 4.79 Å². The molecular formula is C25H30N4O4. The summed E-state index contributed by atoms with van der Waals surface area (Å²) >= 11 is 0. The molecule has 33 heavy (non-hydrogen) atoms. The van der Waals surface area contributed by atoms with Gasteiger partial charge in [-0.15, -0.1) is 0 Å². The van der Waals surface area contributed by atoms with E-state index >= 15 is 0 Å². The van der Waals surface area contributed by atoms with Crippen LogP contribution in [0.5, 0.6) is 11.5 Å². The molecule has 0 aromatic heterocycles. The highest BCUT2D eigenvalue weighted by atomic mass is 16.5. The molecule has 2 heterocycles.